The summed E-state index contributed by atoms with van der Waals surface area (Å²) < 4.78 is 27.3. The lowest BCUT2D eigenvalue weighted by Crippen LogP contribution is -2.41. The third-order valence-electron chi connectivity index (χ3n) is 4.98. The van der Waals surface area contributed by atoms with Gasteiger partial charge in [-0.05, 0) is 43.9 Å². The second-order valence-corrected chi connectivity index (χ2v) is 6.88. The number of halogens is 2. The zero-order valence-electron chi connectivity index (χ0n) is 15.1. The number of rotatable bonds is 5. The van der Waals surface area contributed by atoms with Gasteiger partial charge in [-0.2, -0.15) is 0 Å². The van der Waals surface area contributed by atoms with Crippen LogP contribution in [0.4, 0.5) is 8.78 Å². The molecule has 1 aromatic heterocycles. The average molecular weight is 389 g/mol. The Kier molecular flexibility index (Phi) is 6.18. The van der Waals surface area contributed by atoms with Crippen LogP contribution in [0.2, 0.25) is 0 Å². The molecule has 0 saturated heterocycles. The predicted molar refractivity (Wildman–Crippen MR) is 98.5 cm³/mol. The summed E-state index contributed by atoms with van der Waals surface area (Å²) >= 11 is 0. The van der Waals surface area contributed by atoms with Crippen LogP contribution in [0.15, 0.2) is 41.3 Å². The van der Waals surface area contributed by atoms with Gasteiger partial charge in [-0.15, -0.1) is 0 Å². The minimum atomic E-state index is -0.686. The van der Waals surface area contributed by atoms with Crippen molar-refractivity contribution in [2.24, 2.45) is 5.92 Å². The van der Waals surface area contributed by atoms with E-state index in [0.717, 1.165) is 12.1 Å². The fourth-order valence-corrected chi connectivity index (χ4v) is 3.34. The highest BCUT2D eigenvalue weighted by molar-refractivity contribution is 5.94. The number of amides is 2. The van der Waals surface area contributed by atoms with Crippen LogP contribution in [-0.2, 0) is 11.3 Å². The highest BCUT2D eigenvalue weighted by Crippen LogP contribution is 2.25. The molecule has 0 bridgehead atoms. The quantitative estimate of drug-likeness (QED) is 0.733. The van der Waals surface area contributed by atoms with Crippen LogP contribution >= 0.6 is 0 Å². The lowest BCUT2D eigenvalue weighted by molar-refractivity contribution is -0.126. The van der Waals surface area contributed by atoms with E-state index in [0.29, 0.717) is 31.2 Å². The SMILES string of the molecule is O=C(NC1CCC(C(=O)NCc2c(F)cccc2F)CC1)c1ccc(=O)[nH]c1. The summed E-state index contributed by atoms with van der Waals surface area (Å²) in [5.74, 6) is -2.15. The molecule has 1 aromatic carbocycles. The van der Waals surface area contributed by atoms with Gasteiger partial charge in [-0.25, -0.2) is 8.78 Å². The largest absolute Gasteiger partial charge is 0.352 e. The van der Waals surface area contributed by atoms with Crippen LogP contribution in [0.1, 0.15) is 41.6 Å². The van der Waals surface area contributed by atoms with Crippen LogP contribution in [-0.4, -0.2) is 22.8 Å². The Morgan fingerprint density at radius 2 is 1.71 bits per heavy atom. The van der Waals surface area contributed by atoms with E-state index in [1.165, 1.54) is 24.4 Å². The molecule has 6 nitrogen and oxygen atoms in total. The molecule has 148 valence electrons. The number of aromatic nitrogens is 1. The van der Waals surface area contributed by atoms with Gasteiger partial charge in [-0.3, -0.25) is 14.4 Å². The first-order chi connectivity index (χ1) is 13.4. The second-order valence-electron chi connectivity index (χ2n) is 6.88. The molecular weight excluding hydrogens is 368 g/mol. The summed E-state index contributed by atoms with van der Waals surface area (Å²) in [7, 11) is 0. The Morgan fingerprint density at radius 3 is 2.32 bits per heavy atom. The van der Waals surface area contributed by atoms with Gasteiger partial charge in [0.25, 0.3) is 5.91 Å². The number of hydrogen-bond donors (Lipinski definition) is 3. The van der Waals surface area contributed by atoms with Crippen molar-refractivity contribution in [1.82, 2.24) is 15.6 Å². The van der Waals surface area contributed by atoms with Crippen molar-refractivity contribution in [2.75, 3.05) is 0 Å². The first kappa shape index (κ1) is 19.7. The van der Waals surface area contributed by atoms with Crippen molar-refractivity contribution >= 4 is 11.8 Å². The van der Waals surface area contributed by atoms with Crippen molar-refractivity contribution in [3.63, 3.8) is 0 Å². The van der Waals surface area contributed by atoms with Crippen LogP contribution in [0, 0.1) is 17.6 Å². The molecular formula is C20H21F2N3O3. The number of hydrogen-bond acceptors (Lipinski definition) is 3. The third kappa shape index (κ3) is 4.82. The second kappa shape index (κ2) is 8.77. The van der Waals surface area contributed by atoms with Crippen molar-refractivity contribution in [3.05, 3.63) is 69.6 Å². The highest BCUT2D eigenvalue weighted by atomic mass is 19.1. The normalized spacial score (nSPS) is 19.1. The molecule has 1 saturated carbocycles. The summed E-state index contributed by atoms with van der Waals surface area (Å²) in [6, 6.07) is 6.26. The number of carbonyl (C=O) groups excluding carboxylic acids is 2. The van der Waals surface area contributed by atoms with E-state index in [-0.39, 0.29) is 41.4 Å². The van der Waals surface area contributed by atoms with Crippen molar-refractivity contribution in [3.8, 4) is 0 Å². The topological polar surface area (TPSA) is 91.1 Å². The van der Waals surface area contributed by atoms with Gasteiger partial charge in [-0.1, -0.05) is 6.07 Å². The zero-order valence-corrected chi connectivity index (χ0v) is 15.1. The Hall–Kier alpha value is -3.03. The standard InChI is InChI=1S/C20H21F2N3O3/c21-16-2-1-3-17(22)15(16)11-24-19(27)12-4-7-14(8-5-12)25-20(28)13-6-9-18(26)23-10-13/h1-3,6,9-10,12,14H,4-5,7-8,11H2,(H,23,26)(H,24,27)(H,25,28). The summed E-state index contributed by atoms with van der Waals surface area (Å²) in [6.07, 6.45) is 3.76. The van der Waals surface area contributed by atoms with Crippen molar-refractivity contribution in [2.45, 2.75) is 38.3 Å². The van der Waals surface area contributed by atoms with Crippen LogP contribution in [0.25, 0.3) is 0 Å². The maximum atomic E-state index is 13.6. The van der Waals surface area contributed by atoms with Gasteiger partial charge in [0, 0.05) is 36.3 Å². The summed E-state index contributed by atoms with van der Waals surface area (Å²) in [5, 5.41) is 5.49. The lowest BCUT2D eigenvalue weighted by Gasteiger charge is -2.28. The predicted octanol–water partition coefficient (Wildman–Crippen LogP) is 2.26. The molecule has 3 rings (SSSR count). The molecule has 28 heavy (non-hydrogen) atoms. The van der Waals surface area contributed by atoms with Gasteiger partial charge in [0.15, 0.2) is 0 Å². The molecule has 2 amide bonds. The van der Waals surface area contributed by atoms with Gasteiger partial charge in [0.2, 0.25) is 11.5 Å². The first-order valence-electron chi connectivity index (χ1n) is 9.14. The minimum absolute atomic E-state index is 0.0625. The molecule has 0 aliphatic heterocycles. The van der Waals surface area contributed by atoms with Gasteiger partial charge in [0.1, 0.15) is 11.6 Å². The maximum absolute atomic E-state index is 13.6. The van der Waals surface area contributed by atoms with E-state index in [9.17, 15) is 23.2 Å². The average Bonchev–Trinajstić information content (AvgIpc) is 2.68. The summed E-state index contributed by atoms with van der Waals surface area (Å²) in [5.41, 5.74) is -0.0672. The monoisotopic (exact) mass is 389 g/mol. The molecule has 1 heterocycles. The molecule has 0 unspecified atom stereocenters. The Labute approximate surface area is 160 Å². The van der Waals surface area contributed by atoms with Gasteiger partial charge in [0.05, 0.1) is 5.56 Å². The Bertz CT molecular complexity index is 880. The maximum Gasteiger partial charge on any atom is 0.252 e. The van der Waals surface area contributed by atoms with E-state index in [1.54, 1.807) is 0 Å². The summed E-state index contributed by atoms with van der Waals surface area (Å²) in [4.78, 5) is 38.0. The smallest absolute Gasteiger partial charge is 0.252 e. The summed E-state index contributed by atoms with van der Waals surface area (Å²) in [6.45, 7) is -0.194. The molecule has 1 aliphatic carbocycles. The fourth-order valence-electron chi connectivity index (χ4n) is 3.34. The molecule has 2 aromatic rings. The molecule has 8 heteroatoms. The lowest BCUT2D eigenvalue weighted by atomic mass is 9.85. The van der Waals surface area contributed by atoms with Crippen LogP contribution in [0.5, 0.6) is 0 Å². The molecule has 0 atom stereocenters. The number of pyridine rings is 1. The zero-order chi connectivity index (χ0) is 20.1. The van der Waals surface area contributed by atoms with E-state index < -0.39 is 11.6 Å². The first-order valence-corrected chi connectivity index (χ1v) is 9.14. The van der Waals surface area contributed by atoms with E-state index in [2.05, 4.69) is 15.6 Å². The minimum Gasteiger partial charge on any atom is -0.352 e. The number of H-pyrrole nitrogens is 1. The number of carbonyl (C=O) groups is 2. The van der Waals surface area contributed by atoms with E-state index in [1.807, 2.05) is 0 Å². The highest BCUT2D eigenvalue weighted by Gasteiger charge is 2.27. The van der Waals surface area contributed by atoms with Crippen molar-refractivity contribution in [1.29, 1.82) is 0 Å². The van der Waals surface area contributed by atoms with Gasteiger partial charge < -0.3 is 15.6 Å². The van der Waals surface area contributed by atoms with Crippen LogP contribution < -0.4 is 16.2 Å². The number of aromatic amines is 1. The Balaban J connectivity index is 1.47. The molecule has 3 N–H and O–H groups in total. The Morgan fingerprint density at radius 1 is 1.04 bits per heavy atom. The number of benzene rings is 1. The molecule has 1 aliphatic rings. The van der Waals surface area contributed by atoms with Crippen molar-refractivity contribution < 1.29 is 18.4 Å². The number of nitrogens with one attached hydrogen (secondary N) is 3. The molecule has 1 fully saturated rings. The van der Waals surface area contributed by atoms with E-state index >= 15 is 0 Å². The van der Waals surface area contributed by atoms with E-state index in [4.69, 9.17) is 0 Å². The van der Waals surface area contributed by atoms with Gasteiger partial charge >= 0.3 is 0 Å². The molecule has 0 spiro atoms. The van der Waals surface area contributed by atoms with Crippen LogP contribution in [0.3, 0.4) is 0 Å². The fraction of sp³-hybridized carbons (Fsp3) is 0.350. The third-order valence-corrected chi connectivity index (χ3v) is 4.98. The molecule has 0 radical (unpaired) electrons.